The van der Waals surface area contributed by atoms with E-state index < -0.39 is 23.4 Å². The lowest BCUT2D eigenvalue weighted by atomic mass is 9.99. The summed E-state index contributed by atoms with van der Waals surface area (Å²) >= 11 is 0. The number of hydrogen-bond acceptors (Lipinski definition) is 8. The van der Waals surface area contributed by atoms with Crippen LogP contribution in [0.5, 0.6) is 0 Å². The minimum absolute atomic E-state index is 0.00902. The first-order chi connectivity index (χ1) is 13.4. The van der Waals surface area contributed by atoms with Crippen molar-refractivity contribution in [1.29, 1.82) is 0 Å². The normalized spacial score (nSPS) is 16.5. The van der Waals surface area contributed by atoms with Crippen LogP contribution in [-0.4, -0.2) is 41.7 Å². The molecule has 28 heavy (non-hydrogen) atoms. The third-order valence-corrected chi connectivity index (χ3v) is 4.45. The van der Waals surface area contributed by atoms with E-state index in [0.29, 0.717) is 11.6 Å². The number of amides is 1. The fraction of sp³-hybridized carbons (Fsp3) is 0.389. The van der Waals surface area contributed by atoms with Crippen molar-refractivity contribution in [2.24, 2.45) is 5.92 Å². The summed E-state index contributed by atoms with van der Waals surface area (Å²) in [6.07, 6.45) is 3.33. The fourth-order valence-corrected chi connectivity index (χ4v) is 3.14. The summed E-state index contributed by atoms with van der Waals surface area (Å²) < 4.78 is 9.50. The molecule has 1 N–H and O–H groups in total. The van der Waals surface area contributed by atoms with Gasteiger partial charge in [0.25, 0.3) is 11.6 Å². The zero-order valence-corrected chi connectivity index (χ0v) is 15.3. The van der Waals surface area contributed by atoms with Gasteiger partial charge in [-0.2, -0.15) is 0 Å². The summed E-state index contributed by atoms with van der Waals surface area (Å²) in [4.78, 5) is 36.9. The largest absolute Gasteiger partial charge is 0.452 e. The van der Waals surface area contributed by atoms with Crippen LogP contribution in [0, 0.1) is 16.0 Å². The number of nitro groups is 1. The molecule has 1 aromatic carbocycles. The van der Waals surface area contributed by atoms with Crippen molar-refractivity contribution in [1.82, 2.24) is 5.16 Å². The maximum Gasteiger partial charge on any atom is 0.338 e. The Hall–Kier alpha value is -3.43. The zero-order chi connectivity index (χ0) is 20.1. The maximum absolute atomic E-state index is 12.2. The lowest BCUT2D eigenvalue weighted by Gasteiger charge is -2.32. The summed E-state index contributed by atoms with van der Waals surface area (Å²) in [5, 5.41) is 17.4. The summed E-state index contributed by atoms with van der Waals surface area (Å²) in [5.41, 5.74) is 0.335. The van der Waals surface area contributed by atoms with E-state index in [1.165, 1.54) is 24.5 Å². The van der Waals surface area contributed by atoms with Crippen molar-refractivity contribution in [3.63, 3.8) is 0 Å². The topological polar surface area (TPSA) is 128 Å². The maximum atomic E-state index is 12.2. The van der Waals surface area contributed by atoms with E-state index >= 15 is 0 Å². The molecule has 10 nitrogen and oxygen atoms in total. The molecule has 2 heterocycles. The van der Waals surface area contributed by atoms with Crippen LogP contribution in [0.15, 0.2) is 35.1 Å². The van der Waals surface area contributed by atoms with Gasteiger partial charge in [-0.1, -0.05) is 12.1 Å². The Morgan fingerprint density at radius 3 is 2.93 bits per heavy atom. The average Bonchev–Trinajstić information content (AvgIpc) is 3.18. The highest BCUT2D eigenvalue weighted by molar-refractivity contribution is 5.95. The Morgan fingerprint density at radius 1 is 1.43 bits per heavy atom. The van der Waals surface area contributed by atoms with E-state index in [1.54, 1.807) is 6.07 Å². The number of carbonyl (C=O) groups excluding carboxylic acids is 2. The lowest BCUT2D eigenvalue weighted by Crippen LogP contribution is -2.34. The summed E-state index contributed by atoms with van der Waals surface area (Å²) in [5.74, 6) is -0.786. The fourth-order valence-electron chi connectivity index (χ4n) is 3.14. The van der Waals surface area contributed by atoms with Crippen LogP contribution in [0.3, 0.4) is 0 Å². The van der Waals surface area contributed by atoms with Crippen LogP contribution >= 0.6 is 0 Å². The minimum Gasteiger partial charge on any atom is -0.452 e. The predicted octanol–water partition coefficient (Wildman–Crippen LogP) is 2.61. The van der Waals surface area contributed by atoms with E-state index in [9.17, 15) is 19.7 Å². The zero-order valence-electron chi connectivity index (χ0n) is 15.3. The highest BCUT2D eigenvalue weighted by Gasteiger charge is 2.25. The molecule has 1 atom stereocenters. The molecule has 1 saturated heterocycles. The molecule has 0 bridgehead atoms. The number of piperidine rings is 1. The molecular weight excluding hydrogens is 368 g/mol. The Morgan fingerprint density at radius 2 is 2.25 bits per heavy atom. The van der Waals surface area contributed by atoms with Crippen LogP contribution in [0.4, 0.5) is 17.2 Å². The highest BCUT2D eigenvalue weighted by Crippen LogP contribution is 2.32. The molecule has 0 radical (unpaired) electrons. The van der Waals surface area contributed by atoms with Gasteiger partial charge >= 0.3 is 5.97 Å². The molecule has 1 aliphatic rings. The summed E-state index contributed by atoms with van der Waals surface area (Å²) in [7, 11) is 0. The second kappa shape index (κ2) is 8.51. The smallest absolute Gasteiger partial charge is 0.338 e. The molecule has 2 aromatic rings. The van der Waals surface area contributed by atoms with Crippen molar-refractivity contribution in [2.75, 3.05) is 29.9 Å². The van der Waals surface area contributed by atoms with Gasteiger partial charge in [0.15, 0.2) is 12.4 Å². The monoisotopic (exact) mass is 388 g/mol. The van der Waals surface area contributed by atoms with Gasteiger partial charge in [0, 0.05) is 25.2 Å². The molecule has 3 rings (SSSR count). The van der Waals surface area contributed by atoms with E-state index in [1.807, 2.05) is 4.90 Å². The predicted molar refractivity (Wildman–Crippen MR) is 99.1 cm³/mol. The van der Waals surface area contributed by atoms with E-state index in [-0.39, 0.29) is 17.1 Å². The molecule has 148 valence electrons. The van der Waals surface area contributed by atoms with Crippen molar-refractivity contribution >= 4 is 29.1 Å². The molecule has 1 amide bonds. The van der Waals surface area contributed by atoms with E-state index in [4.69, 9.17) is 4.74 Å². The lowest BCUT2D eigenvalue weighted by molar-refractivity contribution is -0.384. The molecule has 10 heteroatoms. The number of carbonyl (C=O) groups is 2. The van der Waals surface area contributed by atoms with Crippen molar-refractivity contribution in [2.45, 2.75) is 19.8 Å². The van der Waals surface area contributed by atoms with Gasteiger partial charge in [0.05, 0.1) is 10.5 Å². The molecule has 0 unspecified atom stereocenters. The van der Waals surface area contributed by atoms with Gasteiger partial charge in [-0.25, -0.2) is 4.79 Å². The average molecular weight is 388 g/mol. The molecule has 1 aromatic heterocycles. The highest BCUT2D eigenvalue weighted by atomic mass is 16.6. The Balaban J connectivity index is 1.67. The van der Waals surface area contributed by atoms with Crippen LogP contribution < -0.4 is 10.2 Å². The number of hydrogen-bond donors (Lipinski definition) is 1. The van der Waals surface area contributed by atoms with Crippen molar-refractivity contribution in [3.8, 4) is 0 Å². The number of benzene rings is 1. The molecule has 1 aliphatic heterocycles. The van der Waals surface area contributed by atoms with Gasteiger partial charge in [0.2, 0.25) is 0 Å². The minimum atomic E-state index is -0.822. The van der Waals surface area contributed by atoms with Crippen LogP contribution in [0.1, 0.15) is 30.1 Å². The number of nitrogens with zero attached hydrogens (tertiary/aromatic N) is 3. The quantitative estimate of drug-likeness (QED) is 0.454. The molecule has 0 spiro atoms. The Labute approximate surface area is 160 Å². The first-order valence-electron chi connectivity index (χ1n) is 8.85. The van der Waals surface area contributed by atoms with Crippen LogP contribution in [0.25, 0.3) is 0 Å². The van der Waals surface area contributed by atoms with Gasteiger partial charge < -0.3 is 19.5 Å². The van der Waals surface area contributed by atoms with Crippen molar-refractivity contribution in [3.05, 3.63) is 46.2 Å². The second-order valence-corrected chi connectivity index (χ2v) is 6.66. The Kier molecular flexibility index (Phi) is 5.87. The standard InChI is InChI=1S/C18H20N4O6/c1-12-3-2-7-21(10-12)14-5-4-13(9-15(14)22(25)26)18(24)27-11-17(23)19-16-6-8-28-20-16/h4-6,8-9,12H,2-3,7,10-11H2,1H3,(H,19,20,23)/t12-/m0/s1. The van der Waals surface area contributed by atoms with Gasteiger partial charge in [-0.3, -0.25) is 14.9 Å². The number of nitrogens with one attached hydrogen (secondary N) is 1. The number of rotatable bonds is 6. The Bertz CT molecular complexity index is 867. The van der Waals surface area contributed by atoms with Gasteiger partial charge in [-0.05, 0) is 30.9 Å². The first kappa shape index (κ1) is 19.3. The first-order valence-corrected chi connectivity index (χ1v) is 8.85. The van der Waals surface area contributed by atoms with Crippen LogP contribution in [0.2, 0.25) is 0 Å². The molecular formula is C18H20N4O6. The number of anilines is 2. The number of ether oxygens (including phenoxy) is 1. The second-order valence-electron chi connectivity index (χ2n) is 6.66. The van der Waals surface area contributed by atoms with E-state index in [2.05, 4.69) is 21.9 Å². The number of aromatic nitrogens is 1. The number of nitro benzene ring substituents is 1. The third kappa shape index (κ3) is 4.64. The number of esters is 1. The van der Waals surface area contributed by atoms with Crippen molar-refractivity contribution < 1.29 is 23.8 Å². The molecule has 1 fully saturated rings. The van der Waals surface area contributed by atoms with Gasteiger partial charge in [-0.15, -0.1) is 0 Å². The summed E-state index contributed by atoms with van der Waals surface area (Å²) in [6, 6.07) is 5.65. The summed E-state index contributed by atoms with van der Waals surface area (Å²) in [6.45, 7) is 3.02. The van der Waals surface area contributed by atoms with Gasteiger partial charge in [0.1, 0.15) is 12.0 Å². The molecule has 0 saturated carbocycles. The van der Waals surface area contributed by atoms with Crippen LogP contribution in [-0.2, 0) is 9.53 Å². The molecule has 0 aliphatic carbocycles. The van der Waals surface area contributed by atoms with E-state index in [0.717, 1.165) is 25.9 Å². The third-order valence-electron chi connectivity index (χ3n) is 4.45. The SMILES string of the molecule is C[C@H]1CCCN(c2ccc(C(=O)OCC(=O)Nc3ccon3)cc2[N+](=O)[O-])C1.